The predicted octanol–water partition coefficient (Wildman–Crippen LogP) is 4.43. The van der Waals surface area contributed by atoms with Gasteiger partial charge in [0, 0.05) is 44.1 Å². The number of anilines is 2. The fraction of sp³-hybridized carbons (Fsp3) is 0.391. The Kier molecular flexibility index (Phi) is 7.09. The van der Waals surface area contributed by atoms with Gasteiger partial charge in [-0.25, -0.2) is 0 Å². The van der Waals surface area contributed by atoms with E-state index in [1.165, 1.54) is 30.5 Å². The summed E-state index contributed by atoms with van der Waals surface area (Å²) >= 11 is 5.46. The van der Waals surface area contributed by atoms with Gasteiger partial charge in [0.25, 0.3) is 5.91 Å². The maximum Gasteiger partial charge on any atom is 0.253 e. The summed E-state index contributed by atoms with van der Waals surface area (Å²) in [6.07, 6.45) is 3.91. The first-order valence-electron chi connectivity index (χ1n) is 10.2. The van der Waals surface area contributed by atoms with Crippen molar-refractivity contribution in [3.8, 4) is 0 Å². The third-order valence-corrected chi connectivity index (χ3v) is 5.48. The van der Waals surface area contributed by atoms with E-state index >= 15 is 0 Å². The summed E-state index contributed by atoms with van der Waals surface area (Å²) in [5.41, 5.74) is 4.00. The summed E-state index contributed by atoms with van der Waals surface area (Å²) in [4.78, 5) is 16.0. The molecule has 0 aliphatic carbocycles. The molecule has 3 rings (SSSR count). The van der Waals surface area contributed by atoms with E-state index in [0.29, 0.717) is 10.7 Å². The summed E-state index contributed by atoms with van der Waals surface area (Å²) in [6, 6.07) is 16.2. The molecule has 1 heterocycles. The molecule has 1 fully saturated rings. The molecule has 2 aromatic carbocycles. The maximum atomic E-state index is 12.0. The molecule has 0 spiro atoms. The molecule has 1 saturated heterocycles. The van der Waals surface area contributed by atoms with Gasteiger partial charge in [0.1, 0.15) is 0 Å². The van der Waals surface area contributed by atoms with Gasteiger partial charge in [-0.15, -0.1) is 0 Å². The van der Waals surface area contributed by atoms with Crippen molar-refractivity contribution in [1.82, 2.24) is 10.2 Å². The van der Waals surface area contributed by atoms with Crippen LogP contribution in [0.2, 0.25) is 0 Å². The molecule has 6 heteroatoms. The molecule has 0 radical (unpaired) electrons. The monoisotopic (exact) mass is 410 g/mol. The molecule has 0 aromatic heterocycles. The summed E-state index contributed by atoms with van der Waals surface area (Å²) in [7, 11) is 3.49. The lowest BCUT2D eigenvalue weighted by Gasteiger charge is -2.29. The normalized spacial score (nSPS) is 14.8. The van der Waals surface area contributed by atoms with Gasteiger partial charge < -0.3 is 20.4 Å². The zero-order chi connectivity index (χ0) is 20.8. The second-order valence-corrected chi connectivity index (χ2v) is 8.14. The van der Waals surface area contributed by atoms with Gasteiger partial charge in [-0.2, -0.15) is 0 Å². The molecule has 2 aromatic rings. The maximum absolute atomic E-state index is 12.0. The van der Waals surface area contributed by atoms with Crippen LogP contribution in [0.4, 0.5) is 11.4 Å². The summed E-state index contributed by atoms with van der Waals surface area (Å²) in [5.74, 6) is -0.0149. The molecule has 5 nitrogen and oxygen atoms in total. The van der Waals surface area contributed by atoms with Crippen LogP contribution in [0.3, 0.4) is 0 Å². The molecular weight excluding hydrogens is 380 g/mol. The Morgan fingerprint density at radius 1 is 1.00 bits per heavy atom. The minimum atomic E-state index is -0.0149. The highest BCUT2D eigenvalue weighted by molar-refractivity contribution is 7.80. The van der Waals surface area contributed by atoms with Gasteiger partial charge in [0.15, 0.2) is 5.11 Å². The van der Waals surface area contributed by atoms with Crippen LogP contribution in [-0.4, -0.2) is 43.1 Å². The average molecular weight is 411 g/mol. The first kappa shape index (κ1) is 21.1. The quantitative estimate of drug-likeness (QED) is 0.714. The first-order chi connectivity index (χ1) is 13.9. The molecule has 154 valence electrons. The Labute approximate surface area is 179 Å². The lowest BCUT2D eigenvalue weighted by molar-refractivity contribution is 0.0827. The molecule has 1 aliphatic rings. The number of piperidine rings is 1. The Bertz CT molecular complexity index is 827. The minimum absolute atomic E-state index is 0.0149. The fourth-order valence-corrected chi connectivity index (χ4v) is 3.82. The lowest BCUT2D eigenvalue weighted by atomic mass is 10.1. The molecule has 1 atom stereocenters. The highest BCUT2D eigenvalue weighted by Crippen LogP contribution is 2.22. The van der Waals surface area contributed by atoms with Crippen LogP contribution in [0, 0.1) is 0 Å². The van der Waals surface area contributed by atoms with E-state index in [4.69, 9.17) is 12.2 Å². The van der Waals surface area contributed by atoms with E-state index in [9.17, 15) is 4.79 Å². The van der Waals surface area contributed by atoms with Crippen molar-refractivity contribution in [2.24, 2.45) is 0 Å². The number of hydrogen-bond acceptors (Lipinski definition) is 3. The van der Waals surface area contributed by atoms with Crippen molar-refractivity contribution in [2.75, 3.05) is 37.4 Å². The van der Waals surface area contributed by atoms with Gasteiger partial charge in [0.05, 0.1) is 6.04 Å². The minimum Gasteiger partial charge on any atom is -0.372 e. The largest absolute Gasteiger partial charge is 0.372 e. The van der Waals surface area contributed by atoms with Crippen LogP contribution in [-0.2, 0) is 0 Å². The van der Waals surface area contributed by atoms with E-state index in [2.05, 4.69) is 46.7 Å². The van der Waals surface area contributed by atoms with Crippen molar-refractivity contribution in [2.45, 2.75) is 32.2 Å². The molecular formula is C23H30N4OS. The zero-order valence-corrected chi connectivity index (χ0v) is 18.3. The van der Waals surface area contributed by atoms with Crippen LogP contribution in [0.5, 0.6) is 0 Å². The van der Waals surface area contributed by atoms with Crippen LogP contribution in [0.1, 0.15) is 48.1 Å². The molecule has 29 heavy (non-hydrogen) atoms. The van der Waals surface area contributed by atoms with Crippen molar-refractivity contribution < 1.29 is 4.79 Å². The van der Waals surface area contributed by atoms with Crippen LogP contribution >= 0.6 is 12.2 Å². The van der Waals surface area contributed by atoms with Gasteiger partial charge in [-0.3, -0.25) is 4.79 Å². The fourth-order valence-electron chi connectivity index (χ4n) is 3.53. The second kappa shape index (κ2) is 9.74. The number of thiocarbonyl (C=S) groups is 1. The van der Waals surface area contributed by atoms with Gasteiger partial charge in [0.2, 0.25) is 0 Å². The Balaban J connectivity index is 1.54. The molecule has 0 unspecified atom stereocenters. The molecule has 0 saturated carbocycles. The van der Waals surface area contributed by atoms with Crippen LogP contribution in [0.15, 0.2) is 48.5 Å². The van der Waals surface area contributed by atoms with Crippen molar-refractivity contribution >= 4 is 34.6 Å². The standard InChI is InChI=1S/C23H30N4OS/c1-17(18-9-13-21(14-10-18)27-15-5-4-6-16-27)24-23(29)25-20-11-7-19(8-12-20)22(28)26(2)3/h7-14,17H,4-6,15-16H2,1-3H3,(H2,24,25,29)/t17-/m0/s1. The van der Waals surface area contributed by atoms with Crippen LogP contribution in [0.25, 0.3) is 0 Å². The van der Waals surface area contributed by atoms with Crippen molar-refractivity contribution in [3.05, 3.63) is 59.7 Å². The van der Waals surface area contributed by atoms with E-state index < -0.39 is 0 Å². The van der Waals surface area contributed by atoms with Gasteiger partial charge in [-0.1, -0.05) is 12.1 Å². The Morgan fingerprint density at radius 3 is 2.21 bits per heavy atom. The van der Waals surface area contributed by atoms with E-state index in [-0.39, 0.29) is 11.9 Å². The highest BCUT2D eigenvalue weighted by atomic mass is 32.1. The van der Waals surface area contributed by atoms with Gasteiger partial charge in [-0.05, 0) is 80.4 Å². The Hall–Kier alpha value is -2.60. The smallest absolute Gasteiger partial charge is 0.253 e. The number of carbonyl (C=O) groups excluding carboxylic acids is 1. The van der Waals surface area contributed by atoms with E-state index in [0.717, 1.165) is 18.8 Å². The summed E-state index contributed by atoms with van der Waals surface area (Å²) in [5, 5.41) is 7.08. The van der Waals surface area contributed by atoms with Crippen LogP contribution < -0.4 is 15.5 Å². The van der Waals surface area contributed by atoms with E-state index in [1.54, 1.807) is 31.1 Å². The van der Waals surface area contributed by atoms with Crippen molar-refractivity contribution in [1.29, 1.82) is 0 Å². The highest BCUT2D eigenvalue weighted by Gasteiger charge is 2.13. The van der Waals surface area contributed by atoms with E-state index in [1.807, 2.05) is 12.1 Å². The molecule has 1 amide bonds. The van der Waals surface area contributed by atoms with Gasteiger partial charge >= 0.3 is 0 Å². The number of amides is 1. The second-order valence-electron chi connectivity index (χ2n) is 7.74. The number of hydrogen-bond donors (Lipinski definition) is 2. The third kappa shape index (κ3) is 5.70. The summed E-state index contributed by atoms with van der Waals surface area (Å²) in [6.45, 7) is 4.41. The summed E-state index contributed by atoms with van der Waals surface area (Å²) < 4.78 is 0. The number of carbonyl (C=O) groups is 1. The SMILES string of the molecule is C[C@H](NC(=S)Nc1ccc(C(=O)N(C)C)cc1)c1ccc(N2CCCCC2)cc1. The molecule has 2 N–H and O–H groups in total. The molecule has 1 aliphatic heterocycles. The topological polar surface area (TPSA) is 47.6 Å². The zero-order valence-electron chi connectivity index (χ0n) is 17.4. The molecule has 0 bridgehead atoms. The number of benzene rings is 2. The predicted molar refractivity (Wildman–Crippen MR) is 125 cm³/mol. The number of nitrogens with one attached hydrogen (secondary N) is 2. The Morgan fingerprint density at radius 2 is 1.62 bits per heavy atom. The average Bonchev–Trinajstić information content (AvgIpc) is 2.74. The number of nitrogens with zero attached hydrogens (tertiary/aromatic N) is 2. The first-order valence-corrected chi connectivity index (χ1v) is 10.6. The van der Waals surface area contributed by atoms with Crippen molar-refractivity contribution in [3.63, 3.8) is 0 Å². The lowest BCUT2D eigenvalue weighted by Crippen LogP contribution is -2.31. The third-order valence-electron chi connectivity index (χ3n) is 5.26. The number of rotatable bonds is 5.